The van der Waals surface area contributed by atoms with E-state index in [9.17, 15) is 4.79 Å². The van der Waals surface area contributed by atoms with Gasteiger partial charge in [0.25, 0.3) is 6.47 Å². The summed E-state index contributed by atoms with van der Waals surface area (Å²) >= 11 is 0. The number of carbonyl (C=O) groups is 1. The second-order valence-electron chi connectivity index (χ2n) is 2.29. The summed E-state index contributed by atoms with van der Waals surface area (Å²) in [4.78, 5) is 9.97. The van der Waals surface area contributed by atoms with Gasteiger partial charge < -0.3 is 4.74 Å². The third-order valence-electron chi connectivity index (χ3n) is 1.53. The number of hydrogen-bond acceptors (Lipinski definition) is 2. The van der Waals surface area contributed by atoms with E-state index in [1.807, 2.05) is 37.3 Å². The summed E-state index contributed by atoms with van der Waals surface area (Å²) in [6, 6.07) is 9.61. The number of carbonyl (C=O) groups excluding carboxylic acids is 1. The van der Waals surface area contributed by atoms with Gasteiger partial charge in [-0.3, -0.25) is 4.79 Å². The zero-order chi connectivity index (χ0) is 8.10. The summed E-state index contributed by atoms with van der Waals surface area (Å²) in [6.07, 6.45) is -0.145. The predicted molar refractivity (Wildman–Crippen MR) is 42.0 cm³/mol. The molecular formula is C9H10O2. The van der Waals surface area contributed by atoms with Crippen LogP contribution in [0.2, 0.25) is 0 Å². The molecule has 0 aliphatic heterocycles. The third-order valence-corrected chi connectivity index (χ3v) is 1.53. The maximum Gasteiger partial charge on any atom is 0.293 e. The fraction of sp³-hybridized carbons (Fsp3) is 0.222. The third kappa shape index (κ3) is 2.08. The Morgan fingerprint density at radius 1 is 1.36 bits per heavy atom. The molecule has 1 rings (SSSR count). The predicted octanol–water partition coefficient (Wildman–Crippen LogP) is 1.92. The van der Waals surface area contributed by atoms with Crippen LogP contribution in [0.3, 0.4) is 0 Å². The molecule has 0 amide bonds. The Labute approximate surface area is 65.8 Å². The molecule has 0 N–H and O–H groups in total. The lowest BCUT2D eigenvalue weighted by molar-refractivity contribution is -0.133. The van der Waals surface area contributed by atoms with Crippen LogP contribution >= 0.6 is 0 Å². The minimum Gasteiger partial charge on any atom is -0.460 e. The Bertz CT molecular complexity index is 218. The average molecular weight is 150 g/mol. The molecule has 0 aliphatic carbocycles. The highest BCUT2D eigenvalue weighted by atomic mass is 16.5. The zero-order valence-corrected chi connectivity index (χ0v) is 6.36. The van der Waals surface area contributed by atoms with Crippen molar-refractivity contribution in [3.05, 3.63) is 35.9 Å². The van der Waals surface area contributed by atoms with Crippen molar-refractivity contribution < 1.29 is 9.53 Å². The van der Waals surface area contributed by atoms with Gasteiger partial charge in [0.15, 0.2) is 0 Å². The second kappa shape index (κ2) is 3.76. The molecule has 1 aromatic rings. The van der Waals surface area contributed by atoms with Crippen LogP contribution in [0.1, 0.15) is 18.6 Å². The maximum absolute atomic E-state index is 9.97. The van der Waals surface area contributed by atoms with Gasteiger partial charge >= 0.3 is 0 Å². The first-order chi connectivity index (χ1) is 5.34. The van der Waals surface area contributed by atoms with Gasteiger partial charge in [-0.25, -0.2) is 0 Å². The Kier molecular flexibility index (Phi) is 2.66. The zero-order valence-electron chi connectivity index (χ0n) is 6.36. The van der Waals surface area contributed by atoms with E-state index >= 15 is 0 Å². The lowest BCUT2D eigenvalue weighted by Crippen LogP contribution is -1.96. The summed E-state index contributed by atoms with van der Waals surface area (Å²) in [6.45, 7) is 2.31. The lowest BCUT2D eigenvalue weighted by Gasteiger charge is -2.08. The van der Waals surface area contributed by atoms with Gasteiger partial charge in [0.05, 0.1) is 0 Å². The van der Waals surface area contributed by atoms with E-state index in [0.29, 0.717) is 6.47 Å². The summed E-state index contributed by atoms with van der Waals surface area (Å²) in [5.74, 6) is 0. The van der Waals surface area contributed by atoms with Crippen LogP contribution in [0.5, 0.6) is 0 Å². The van der Waals surface area contributed by atoms with Crippen LogP contribution in [-0.4, -0.2) is 6.47 Å². The van der Waals surface area contributed by atoms with Crippen LogP contribution in [0.25, 0.3) is 0 Å². The molecule has 0 saturated heterocycles. The standard InChI is InChI=1S/C9H10O2/c1-8(11-7-10)9-5-3-2-4-6-9/h2-8H,1H3/t8-/m1/s1. The SMILES string of the molecule is C[C@@H](OC=O)c1ccccc1. The molecule has 1 atom stereocenters. The number of rotatable bonds is 3. The molecule has 0 spiro atoms. The molecule has 0 bridgehead atoms. The minimum absolute atomic E-state index is 0.145. The number of benzene rings is 1. The lowest BCUT2D eigenvalue weighted by atomic mass is 10.1. The van der Waals surface area contributed by atoms with Crippen molar-refractivity contribution >= 4 is 6.47 Å². The first kappa shape index (κ1) is 7.79. The molecule has 1 aromatic carbocycles. The van der Waals surface area contributed by atoms with Gasteiger partial charge in [0, 0.05) is 0 Å². The van der Waals surface area contributed by atoms with E-state index in [4.69, 9.17) is 4.74 Å². The van der Waals surface area contributed by atoms with Gasteiger partial charge in [-0.1, -0.05) is 30.3 Å². The van der Waals surface area contributed by atoms with E-state index in [1.165, 1.54) is 0 Å². The first-order valence-electron chi connectivity index (χ1n) is 3.48. The minimum atomic E-state index is -0.145. The van der Waals surface area contributed by atoms with Crippen molar-refractivity contribution in [2.24, 2.45) is 0 Å². The highest BCUT2D eigenvalue weighted by molar-refractivity contribution is 5.38. The van der Waals surface area contributed by atoms with Crippen LogP contribution in [0, 0.1) is 0 Å². The van der Waals surface area contributed by atoms with Gasteiger partial charge in [-0.15, -0.1) is 0 Å². The largest absolute Gasteiger partial charge is 0.460 e. The van der Waals surface area contributed by atoms with Crippen LogP contribution in [0.15, 0.2) is 30.3 Å². The highest BCUT2D eigenvalue weighted by Gasteiger charge is 2.02. The van der Waals surface area contributed by atoms with Gasteiger partial charge in [-0.05, 0) is 12.5 Å². The molecule has 0 unspecified atom stereocenters. The molecule has 0 aromatic heterocycles. The fourth-order valence-electron chi connectivity index (χ4n) is 0.886. The van der Waals surface area contributed by atoms with Crippen molar-refractivity contribution in [2.45, 2.75) is 13.0 Å². The molecule has 0 aliphatic rings. The van der Waals surface area contributed by atoms with Crippen molar-refractivity contribution in [1.82, 2.24) is 0 Å². The van der Waals surface area contributed by atoms with Crippen LogP contribution in [-0.2, 0) is 9.53 Å². The molecule has 11 heavy (non-hydrogen) atoms. The quantitative estimate of drug-likeness (QED) is 0.615. The van der Waals surface area contributed by atoms with Gasteiger partial charge in [-0.2, -0.15) is 0 Å². The van der Waals surface area contributed by atoms with E-state index in [2.05, 4.69) is 0 Å². The van der Waals surface area contributed by atoms with Gasteiger partial charge in [0.1, 0.15) is 6.10 Å². The van der Waals surface area contributed by atoms with E-state index in [1.54, 1.807) is 0 Å². The van der Waals surface area contributed by atoms with Crippen LogP contribution in [0.4, 0.5) is 0 Å². The van der Waals surface area contributed by atoms with E-state index < -0.39 is 0 Å². The highest BCUT2D eigenvalue weighted by Crippen LogP contribution is 2.13. The molecule has 2 heteroatoms. The molecule has 0 radical (unpaired) electrons. The molecule has 0 fully saturated rings. The number of ether oxygens (including phenoxy) is 1. The smallest absolute Gasteiger partial charge is 0.293 e. The Morgan fingerprint density at radius 3 is 2.55 bits per heavy atom. The number of hydrogen-bond donors (Lipinski definition) is 0. The van der Waals surface area contributed by atoms with Crippen LogP contribution < -0.4 is 0 Å². The molecule has 2 nitrogen and oxygen atoms in total. The molecule has 58 valence electrons. The molecule has 0 saturated carbocycles. The maximum atomic E-state index is 9.97. The topological polar surface area (TPSA) is 26.3 Å². The van der Waals surface area contributed by atoms with Crippen molar-refractivity contribution in [3.63, 3.8) is 0 Å². The van der Waals surface area contributed by atoms with E-state index in [0.717, 1.165) is 5.56 Å². The average Bonchev–Trinajstić information content (AvgIpc) is 2.07. The second-order valence-corrected chi connectivity index (χ2v) is 2.29. The summed E-state index contributed by atoms with van der Waals surface area (Å²) in [5.41, 5.74) is 1.01. The Hall–Kier alpha value is -1.31. The summed E-state index contributed by atoms with van der Waals surface area (Å²) in [5, 5.41) is 0. The summed E-state index contributed by atoms with van der Waals surface area (Å²) in [7, 11) is 0. The van der Waals surface area contributed by atoms with Crippen molar-refractivity contribution in [2.75, 3.05) is 0 Å². The Balaban J connectivity index is 2.68. The van der Waals surface area contributed by atoms with Crippen molar-refractivity contribution in [3.8, 4) is 0 Å². The summed E-state index contributed by atoms with van der Waals surface area (Å²) < 4.78 is 4.75. The Morgan fingerprint density at radius 2 is 2.00 bits per heavy atom. The molecule has 0 heterocycles. The molecular weight excluding hydrogens is 140 g/mol. The first-order valence-corrected chi connectivity index (χ1v) is 3.48. The van der Waals surface area contributed by atoms with E-state index in [-0.39, 0.29) is 6.10 Å². The normalized spacial score (nSPS) is 12.1. The monoisotopic (exact) mass is 150 g/mol. The van der Waals surface area contributed by atoms with Crippen molar-refractivity contribution in [1.29, 1.82) is 0 Å². The fourth-order valence-corrected chi connectivity index (χ4v) is 0.886. The van der Waals surface area contributed by atoms with Gasteiger partial charge in [0.2, 0.25) is 0 Å².